The van der Waals surface area contributed by atoms with Gasteiger partial charge in [0, 0.05) is 30.1 Å². The van der Waals surface area contributed by atoms with Gasteiger partial charge in [0.1, 0.15) is 12.1 Å². The van der Waals surface area contributed by atoms with Crippen LogP contribution in [-0.4, -0.2) is 57.4 Å². The van der Waals surface area contributed by atoms with E-state index in [4.69, 9.17) is 5.73 Å². The lowest BCUT2D eigenvalue weighted by Crippen LogP contribution is -2.56. The minimum atomic E-state index is -1.02. The Hall–Kier alpha value is -2.87. The molecule has 8 nitrogen and oxygen atoms in total. The first-order valence-corrected chi connectivity index (χ1v) is 9.93. The van der Waals surface area contributed by atoms with E-state index in [1.807, 2.05) is 44.3 Å². The molecule has 2 heterocycles. The van der Waals surface area contributed by atoms with Crippen LogP contribution < -0.4 is 11.1 Å². The van der Waals surface area contributed by atoms with Crippen molar-refractivity contribution in [2.45, 2.75) is 51.2 Å². The fraction of sp³-hybridized carbons (Fsp3) is 0.476. The van der Waals surface area contributed by atoms with E-state index >= 15 is 0 Å². The molecule has 1 aromatic heterocycles. The van der Waals surface area contributed by atoms with E-state index in [9.17, 15) is 19.5 Å². The van der Waals surface area contributed by atoms with Gasteiger partial charge in [-0.1, -0.05) is 32.0 Å². The number of H-pyrrole nitrogens is 1. The molecular weight excluding hydrogens is 372 g/mol. The van der Waals surface area contributed by atoms with Gasteiger partial charge in [0.15, 0.2) is 0 Å². The molecule has 3 unspecified atom stereocenters. The molecule has 0 bridgehead atoms. The van der Waals surface area contributed by atoms with Gasteiger partial charge in [0.25, 0.3) is 0 Å². The molecule has 2 aromatic rings. The number of likely N-dealkylation sites (tertiary alicyclic amines) is 1. The summed E-state index contributed by atoms with van der Waals surface area (Å²) in [6, 6.07) is 5.21. The number of carboxylic acids is 1. The molecule has 1 saturated heterocycles. The van der Waals surface area contributed by atoms with Crippen molar-refractivity contribution < 1.29 is 19.5 Å². The van der Waals surface area contributed by atoms with Gasteiger partial charge in [-0.3, -0.25) is 9.59 Å². The zero-order valence-electron chi connectivity index (χ0n) is 16.7. The summed E-state index contributed by atoms with van der Waals surface area (Å²) in [5.74, 6) is -1.90. The van der Waals surface area contributed by atoms with Gasteiger partial charge in [-0.25, -0.2) is 4.79 Å². The minimum Gasteiger partial charge on any atom is -0.480 e. The van der Waals surface area contributed by atoms with Crippen LogP contribution in [0.15, 0.2) is 30.5 Å². The summed E-state index contributed by atoms with van der Waals surface area (Å²) in [7, 11) is 0. The van der Waals surface area contributed by atoms with Crippen LogP contribution in [0.3, 0.4) is 0 Å². The van der Waals surface area contributed by atoms with Crippen molar-refractivity contribution in [1.82, 2.24) is 15.2 Å². The molecule has 1 aromatic carbocycles. The maximum absolute atomic E-state index is 13.2. The molecule has 1 aliphatic heterocycles. The largest absolute Gasteiger partial charge is 0.480 e. The van der Waals surface area contributed by atoms with Crippen LogP contribution >= 0.6 is 0 Å². The summed E-state index contributed by atoms with van der Waals surface area (Å²) < 4.78 is 0. The molecular formula is C21H28N4O4. The third-order valence-corrected chi connectivity index (χ3v) is 5.56. The van der Waals surface area contributed by atoms with Gasteiger partial charge in [0.05, 0.1) is 6.04 Å². The third-order valence-electron chi connectivity index (χ3n) is 5.56. The van der Waals surface area contributed by atoms with Gasteiger partial charge < -0.3 is 26.0 Å². The number of fused-ring (bicyclic) bond motifs is 1. The number of carboxylic acid groups (broad SMARTS) is 1. The Kier molecular flexibility index (Phi) is 6.22. The van der Waals surface area contributed by atoms with Gasteiger partial charge >= 0.3 is 5.97 Å². The van der Waals surface area contributed by atoms with Gasteiger partial charge in [0.2, 0.25) is 11.8 Å². The second-order valence-electron chi connectivity index (χ2n) is 7.92. The summed E-state index contributed by atoms with van der Waals surface area (Å²) in [6.07, 6.45) is 3.11. The summed E-state index contributed by atoms with van der Waals surface area (Å²) in [5.41, 5.74) is 7.78. The average Bonchev–Trinajstić information content (AvgIpc) is 3.33. The van der Waals surface area contributed by atoms with E-state index in [1.165, 1.54) is 4.90 Å². The smallest absolute Gasteiger partial charge is 0.326 e. The number of hydrogen-bond acceptors (Lipinski definition) is 4. The number of carbonyl (C=O) groups is 3. The number of amides is 2. The number of nitrogens with zero attached hydrogens (tertiary/aromatic N) is 1. The normalized spacial score (nSPS) is 18.8. The number of aromatic nitrogens is 1. The monoisotopic (exact) mass is 400 g/mol. The van der Waals surface area contributed by atoms with E-state index in [-0.39, 0.29) is 18.2 Å². The molecule has 3 rings (SSSR count). The molecule has 1 aliphatic rings. The van der Waals surface area contributed by atoms with Crippen LogP contribution in [-0.2, 0) is 20.8 Å². The Morgan fingerprint density at radius 2 is 2.03 bits per heavy atom. The SMILES string of the molecule is CC(C)C(N)C(=O)NC(Cc1c[nH]c2ccccc12)C(=O)N1CCCC1C(=O)O. The van der Waals surface area contributed by atoms with Crippen LogP contribution in [0.5, 0.6) is 0 Å². The van der Waals surface area contributed by atoms with E-state index in [1.54, 1.807) is 0 Å². The highest BCUT2D eigenvalue weighted by Crippen LogP contribution is 2.23. The molecule has 0 spiro atoms. The first-order chi connectivity index (χ1) is 13.8. The number of nitrogens with one attached hydrogen (secondary N) is 2. The maximum Gasteiger partial charge on any atom is 0.326 e. The summed E-state index contributed by atoms with van der Waals surface area (Å²) in [4.78, 5) is 41.9. The lowest BCUT2D eigenvalue weighted by Gasteiger charge is -2.28. The number of aliphatic carboxylic acids is 1. The zero-order valence-corrected chi connectivity index (χ0v) is 16.7. The van der Waals surface area contributed by atoms with Crippen molar-refractivity contribution in [3.8, 4) is 0 Å². The highest BCUT2D eigenvalue weighted by atomic mass is 16.4. The number of carbonyl (C=O) groups excluding carboxylic acids is 2. The number of aromatic amines is 1. The first kappa shape index (κ1) is 20.9. The molecule has 1 fully saturated rings. The Bertz CT molecular complexity index is 907. The lowest BCUT2D eigenvalue weighted by atomic mass is 10.0. The fourth-order valence-electron chi connectivity index (χ4n) is 3.78. The molecule has 29 heavy (non-hydrogen) atoms. The first-order valence-electron chi connectivity index (χ1n) is 9.93. The summed E-state index contributed by atoms with van der Waals surface area (Å²) in [5, 5.41) is 13.2. The number of hydrogen-bond donors (Lipinski definition) is 4. The zero-order chi connectivity index (χ0) is 21.1. The number of benzene rings is 1. The van der Waals surface area contributed by atoms with Crippen molar-refractivity contribution in [3.05, 3.63) is 36.0 Å². The highest BCUT2D eigenvalue weighted by Gasteiger charge is 2.38. The molecule has 5 N–H and O–H groups in total. The molecule has 156 valence electrons. The van der Waals surface area contributed by atoms with Crippen molar-refractivity contribution in [3.63, 3.8) is 0 Å². The fourth-order valence-corrected chi connectivity index (χ4v) is 3.78. The quantitative estimate of drug-likeness (QED) is 0.556. The van der Waals surface area contributed by atoms with E-state index in [0.29, 0.717) is 19.4 Å². The molecule has 0 radical (unpaired) electrons. The maximum atomic E-state index is 13.2. The minimum absolute atomic E-state index is 0.0857. The van der Waals surface area contributed by atoms with Crippen LogP contribution in [0.25, 0.3) is 10.9 Å². The second-order valence-corrected chi connectivity index (χ2v) is 7.92. The highest BCUT2D eigenvalue weighted by molar-refractivity contribution is 5.93. The molecule has 8 heteroatoms. The van der Waals surface area contributed by atoms with Gasteiger partial charge in [-0.05, 0) is 30.4 Å². The average molecular weight is 400 g/mol. The topological polar surface area (TPSA) is 129 Å². The standard InChI is InChI=1S/C21H28N4O4/c1-12(2)18(22)19(26)24-16(20(27)25-9-5-8-17(25)21(28)29)10-13-11-23-15-7-4-3-6-14(13)15/h3-4,6-7,11-12,16-18,23H,5,8-10,22H2,1-2H3,(H,24,26)(H,28,29). The summed E-state index contributed by atoms with van der Waals surface area (Å²) >= 11 is 0. The van der Waals surface area contributed by atoms with Crippen molar-refractivity contribution in [1.29, 1.82) is 0 Å². The molecule has 0 aliphatic carbocycles. The Balaban J connectivity index is 1.87. The number of para-hydroxylation sites is 1. The van der Waals surface area contributed by atoms with E-state index in [2.05, 4.69) is 10.3 Å². The van der Waals surface area contributed by atoms with Crippen LogP contribution in [0.2, 0.25) is 0 Å². The Morgan fingerprint density at radius 3 is 2.72 bits per heavy atom. The number of nitrogens with two attached hydrogens (primary N) is 1. The van der Waals surface area contributed by atoms with Crippen molar-refractivity contribution in [2.24, 2.45) is 11.7 Å². The number of rotatable bonds is 7. The lowest BCUT2D eigenvalue weighted by molar-refractivity contribution is -0.149. The van der Waals surface area contributed by atoms with Crippen LogP contribution in [0.4, 0.5) is 0 Å². The van der Waals surface area contributed by atoms with Gasteiger partial charge in [-0.15, -0.1) is 0 Å². The van der Waals surface area contributed by atoms with Crippen LogP contribution in [0, 0.1) is 5.92 Å². The Morgan fingerprint density at radius 1 is 1.31 bits per heavy atom. The predicted molar refractivity (Wildman–Crippen MR) is 109 cm³/mol. The summed E-state index contributed by atoms with van der Waals surface area (Å²) in [6.45, 7) is 4.04. The molecule has 2 amide bonds. The second kappa shape index (κ2) is 8.65. The molecule has 0 saturated carbocycles. The van der Waals surface area contributed by atoms with Gasteiger partial charge in [-0.2, -0.15) is 0 Å². The van der Waals surface area contributed by atoms with Crippen molar-refractivity contribution >= 4 is 28.7 Å². The van der Waals surface area contributed by atoms with E-state index in [0.717, 1.165) is 16.5 Å². The third kappa shape index (κ3) is 4.42. The molecule has 3 atom stereocenters. The van der Waals surface area contributed by atoms with Crippen molar-refractivity contribution in [2.75, 3.05) is 6.54 Å². The van der Waals surface area contributed by atoms with E-state index < -0.39 is 30.0 Å². The van der Waals surface area contributed by atoms with Crippen LogP contribution in [0.1, 0.15) is 32.3 Å². The predicted octanol–water partition coefficient (Wildman–Crippen LogP) is 1.25. The Labute approximate surface area is 169 Å².